The molecule has 0 aliphatic rings. The summed E-state index contributed by atoms with van der Waals surface area (Å²) < 4.78 is 0. The van der Waals surface area contributed by atoms with Crippen LogP contribution in [0.3, 0.4) is 0 Å². The number of nitrogen functional groups attached to an aromatic ring is 1. The molecule has 0 radical (unpaired) electrons. The molecule has 2 aromatic rings. The Morgan fingerprint density at radius 1 is 1.06 bits per heavy atom. The van der Waals surface area contributed by atoms with Gasteiger partial charge in [0.1, 0.15) is 5.84 Å². The van der Waals surface area contributed by atoms with Gasteiger partial charge in [0.15, 0.2) is 0 Å². The maximum Gasteiger partial charge on any atom is 0.131 e. The second-order valence-corrected chi connectivity index (χ2v) is 3.90. The van der Waals surface area contributed by atoms with E-state index in [1.165, 1.54) is 0 Å². The fourth-order valence-electron chi connectivity index (χ4n) is 1.51. The zero-order chi connectivity index (χ0) is 12.3. The summed E-state index contributed by atoms with van der Waals surface area (Å²) in [6.45, 7) is 1.96. The lowest BCUT2D eigenvalue weighted by atomic mass is 10.1. The smallest absolute Gasteiger partial charge is 0.131 e. The Hall–Kier alpha value is -2.29. The summed E-state index contributed by atoms with van der Waals surface area (Å²) in [7, 11) is 0. The van der Waals surface area contributed by atoms with Gasteiger partial charge >= 0.3 is 0 Å². The lowest BCUT2D eigenvalue weighted by Gasteiger charge is -2.04. The largest absolute Gasteiger partial charge is 0.398 e. The molecule has 0 fully saturated rings. The van der Waals surface area contributed by atoms with Crippen molar-refractivity contribution in [3.05, 3.63) is 59.7 Å². The van der Waals surface area contributed by atoms with Gasteiger partial charge in [-0.1, -0.05) is 30.3 Å². The first-order valence-corrected chi connectivity index (χ1v) is 5.42. The van der Waals surface area contributed by atoms with E-state index in [-0.39, 0.29) is 0 Å². The van der Waals surface area contributed by atoms with Gasteiger partial charge in [-0.2, -0.15) is 0 Å². The van der Waals surface area contributed by atoms with Crippen LogP contribution in [-0.4, -0.2) is 5.84 Å². The summed E-state index contributed by atoms with van der Waals surface area (Å²) in [5.74, 6) is 0.475. The Morgan fingerprint density at radius 3 is 2.41 bits per heavy atom. The van der Waals surface area contributed by atoms with Crippen molar-refractivity contribution in [2.75, 3.05) is 5.73 Å². The number of nitrogens with zero attached hydrogens (tertiary/aromatic N) is 1. The van der Waals surface area contributed by atoms with Crippen LogP contribution in [0.4, 0.5) is 11.4 Å². The van der Waals surface area contributed by atoms with Gasteiger partial charge in [-0.05, 0) is 30.7 Å². The van der Waals surface area contributed by atoms with Crippen LogP contribution in [-0.2, 0) is 0 Å². The summed E-state index contributed by atoms with van der Waals surface area (Å²) in [6.07, 6.45) is 0. The number of para-hydroxylation sites is 1. The van der Waals surface area contributed by atoms with Crippen LogP contribution in [0.25, 0.3) is 0 Å². The van der Waals surface area contributed by atoms with E-state index < -0.39 is 0 Å². The molecule has 0 aromatic heterocycles. The van der Waals surface area contributed by atoms with Crippen molar-refractivity contribution >= 4 is 17.2 Å². The molecular weight excluding hydrogens is 210 g/mol. The predicted molar refractivity (Wildman–Crippen MR) is 72.4 cm³/mol. The third-order valence-electron chi connectivity index (χ3n) is 2.58. The highest BCUT2D eigenvalue weighted by molar-refractivity contribution is 5.99. The minimum Gasteiger partial charge on any atom is -0.398 e. The minimum atomic E-state index is 0.475. The van der Waals surface area contributed by atoms with Gasteiger partial charge in [0.25, 0.3) is 0 Å². The number of hydrogen-bond acceptors (Lipinski definition) is 2. The molecule has 0 saturated carbocycles. The molecule has 17 heavy (non-hydrogen) atoms. The third-order valence-corrected chi connectivity index (χ3v) is 2.58. The zero-order valence-electron chi connectivity index (χ0n) is 9.72. The number of rotatable bonds is 2. The maximum atomic E-state index is 5.94. The highest BCUT2D eigenvalue weighted by atomic mass is 14.9. The van der Waals surface area contributed by atoms with Gasteiger partial charge in [0.05, 0.1) is 5.69 Å². The minimum absolute atomic E-state index is 0.475. The topological polar surface area (TPSA) is 64.4 Å². The molecule has 0 amide bonds. The summed E-state index contributed by atoms with van der Waals surface area (Å²) in [6, 6.07) is 15.3. The Kier molecular flexibility index (Phi) is 3.10. The van der Waals surface area contributed by atoms with Crippen molar-refractivity contribution in [3.8, 4) is 0 Å². The summed E-state index contributed by atoms with van der Waals surface area (Å²) >= 11 is 0. The molecule has 86 valence electrons. The van der Waals surface area contributed by atoms with Gasteiger partial charge in [0, 0.05) is 11.3 Å². The average molecular weight is 225 g/mol. The van der Waals surface area contributed by atoms with Crippen LogP contribution < -0.4 is 11.5 Å². The second-order valence-electron chi connectivity index (χ2n) is 3.90. The SMILES string of the molecule is Cc1ccc(C(N)=Nc2ccccc2)cc1N. The number of hydrogen-bond donors (Lipinski definition) is 2. The van der Waals surface area contributed by atoms with Crippen molar-refractivity contribution < 1.29 is 0 Å². The highest BCUT2D eigenvalue weighted by Gasteiger charge is 2.01. The number of anilines is 1. The van der Waals surface area contributed by atoms with Crippen LogP contribution in [0.15, 0.2) is 53.5 Å². The van der Waals surface area contributed by atoms with E-state index in [2.05, 4.69) is 4.99 Å². The van der Waals surface area contributed by atoms with Gasteiger partial charge in [0.2, 0.25) is 0 Å². The number of nitrogens with two attached hydrogens (primary N) is 2. The van der Waals surface area contributed by atoms with Crippen molar-refractivity contribution in [3.63, 3.8) is 0 Å². The molecule has 0 heterocycles. The normalized spacial score (nSPS) is 11.5. The number of amidine groups is 1. The number of aliphatic imine (C=N–C) groups is 1. The lowest BCUT2D eigenvalue weighted by molar-refractivity contribution is 1.42. The molecule has 0 aliphatic carbocycles. The molecule has 2 aromatic carbocycles. The van der Waals surface area contributed by atoms with E-state index in [0.717, 1.165) is 22.5 Å². The molecule has 0 bridgehead atoms. The van der Waals surface area contributed by atoms with Gasteiger partial charge in [-0.15, -0.1) is 0 Å². The Bertz CT molecular complexity index is 545. The third kappa shape index (κ3) is 2.64. The monoisotopic (exact) mass is 225 g/mol. The predicted octanol–water partition coefficient (Wildman–Crippen LogP) is 2.61. The fourth-order valence-corrected chi connectivity index (χ4v) is 1.51. The quantitative estimate of drug-likeness (QED) is 0.469. The van der Waals surface area contributed by atoms with Crippen LogP contribution in [0.2, 0.25) is 0 Å². The highest BCUT2D eigenvalue weighted by Crippen LogP contribution is 2.15. The standard InChI is InChI=1S/C14H15N3/c1-10-7-8-11(9-13(10)15)14(16)17-12-5-3-2-4-6-12/h2-9H,15H2,1H3,(H2,16,17). The molecule has 3 heteroatoms. The van der Waals surface area contributed by atoms with E-state index in [0.29, 0.717) is 5.84 Å². The van der Waals surface area contributed by atoms with Crippen molar-refractivity contribution in [2.45, 2.75) is 6.92 Å². The van der Waals surface area contributed by atoms with E-state index in [4.69, 9.17) is 11.5 Å². The molecule has 0 saturated heterocycles. The van der Waals surface area contributed by atoms with E-state index >= 15 is 0 Å². The second kappa shape index (κ2) is 4.70. The first-order chi connectivity index (χ1) is 8.16. The molecular formula is C14H15N3. The molecule has 0 atom stereocenters. The van der Waals surface area contributed by atoms with Crippen molar-refractivity contribution in [1.82, 2.24) is 0 Å². The molecule has 0 spiro atoms. The Morgan fingerprint density at radius 2 is 1.76 bits per heavy atom. The molecule has 2 rings (SSSR count). The fraction of sp³-hybridized carbons (Fsp3) is 0.0714. The molecule has 3 nitrogen and oxygen atoms in total. The van der Waals surface area contributed by atoms with Gasteiger partial charge < -0.3 is 11.5 Å². The number of benzene rings is 2. The van der Waals surface area contributed by atoms with Crippen LogP contribution >= 0.6 is 0 Å². The summed E-state index contributed by atoms with van der Waals surface area (Å²) in [5, 5.41) is 0. The zero-order valence-corrected chi connectivity index (χ0v) is 9.72. The Balaban J connectivity index is 2.34. The summed E-state index contributed by atoms with van der Waals surface area (Å²) in [4.78, 5) is 4.34. The summed E-state index contributed by atoms with van der Waals surface area (Å²) in [5.41, 5.74) is 15.2. The number of aryl methyl sites for hydroxylation is 1. The van der Waals surface area contributed by atoms with Crippen molar-refractivity contribution in [2.24, 2.45) is 10.7 Å². The van der Waals surface area contributed by atoms with Crippen LogP contribution in [0.1, 0.15) is 11.1 Å². The van der Waals surface area contributed by atoms with E-state index in [1.54, 1.807) is 0 Å². The molecule has 0 aliphatic heterocycles. The van der Waals surface area contributed by atoms with Gasteiger partial charge in [-0.3, -0.25) is 0 Å². The van der Waals surface area contributed by atoms with Crippen LogP contribution in [0, 0.1) is 6.92 Å². The first-order valence-electron chi connectivity index (χ1n) is 5.42. The van der Waals surface area contributed by atoms with Crippen LogP contribution in [0.5, 0.6) is 0 Å². The van der Waals surface area contributed by atoms with E-state index in [1.807, 2.05) is 55.5 Å². The maximum absolute atomic E-state index is 5.94. The lowest BCUT2D eigenvalue weighted by Crippen LogP contribution is -2.13. The average Bonchev–Trinajstić information content (AvgIpc) is 2.34. The van der Waals surface area contributed by atoms with E-state index in [9.17, 15) is 0 Å². The Labute approximate surface area is 101 Å². The molecule has 0 unspecified atom stereocenters. The van der Waals surface area contributed by atoms with Gasteiger partial charge in [-0.25, -0.2) is 4.99 Å². The first kappa shape index (κ1) is 11.2. The van der Waals surface area contributed by atoms with Crippen molar-refractivity contribution in [1.29, 1.82) is 0 Å². The molecule has 4 N–H and O–H groups in total.